The molecule has 0 saturated heterocycles. The Morgan fingerprint density at radius 2 is 2.28 bits per heavy atom. The molecule has 0 aliphatic rings. The van der Waals surface area contributed by atoms with Gasteiger partial charge < -0.3 is 9.88 Å². The first-order valence-corrected chi connectivity index (χ1v) is 6.09. The highest BCUT2D eigenvalue weighted by atomic mass is 79.9. The average molecular weight is 333 g/mol. The summed E-state index contributed by atoms with van der Waals surface area (Å²) in [6.07, 6.45) is 1.50. The van der Waals surface area contributed by atoms with Gasteiger partial charge in [0.05, 0.1) is 11.3 Å². The minimum atomic E-state index is -0.585. The number of aromatic nitrogens is 2. The Morgan fingerprint density at radius 3 is 2.83 bits per heavy atom. The van der Waals surface area contributed by atoms with Crippen LogP contribution in [0.25, 0.3) is 0 Å². The van der Waals surface area contributed by atoms with E-state index in [0.717, 1.165) is 6.07 Å². The van der Waals surface area contributed by atoms with Crippen molar-refractivity contribution in [2.45, 2.75) is 0 Å². The lowest BCUT2D eigenvalue weighted by Gasteiger charge is -2.06. The number of hydrogen-bond donors (Lipinski definition) is 1. The molecular weight excluding hydrogens is 324 g/mol. The lowest BCUT2D eigenvalue weighted by Crippen LogP contribution is -2.16. The molecule has 0 saturated carbocycles. The number of nitrogens with zero attached hydrogens (tertiary/aromatic N) is 2. The van der Waals surface area contributed by atoms with E-state index in [1.54, 1.807) is 11.6 Å². The Morgan fingerprint density at radius 1 is 1.56 bits per heavy atom. The second kappa shape index (κ2) is 5.07. The summed E-state index contributed by atoms with van der Waals surface area (Å²) >= 11 is 8.73. The number of amides is 1. The van der Waals surface area contributed by atoms with Gasteiger partial charge in [0.25, 0.3) is 5.91 Å². The molecule has 1 heterocycles. The molecule has 0 atom stereocenters. The number of carbonyl (C=O) groups is 1. The minimum Gasteiger partial charge on any atom is -0.329 e. The van der Waals surface area contributed by atoms with Gasteiger partial charge in [0.2, 0.25) is 0 Å². The van der Waals surface area contributed by atoms with Gasteiger partial charge in [0.15, 0.2) is 0 Å². The van der Waals surface area contributed by atoms with E-state index in [1.165, 1.54) is 18.5 Å². The zero-order valence-corrected chi connectivity index (χ0v) is 11.6. The molecule has 7 heteroatoms. The monoisotopic (exact) mass is 331 g/mol. The first-order valence-electron chi connectivity index (χ1n) is 4.92. The summed E-state index contributed by atoms with van der Waals surface area (Å²) in [6, 6.07) is 4.06. The minimum absolute atomic E-state index is 0.00899. The second-order valence-electron chi connectivity index (χ2n) is 3.58. The largest absolute Gasteiger partial charge is 0.329 e. The Labute approximate surface area is 116 Å². The maximum atomic E-state index is 13.2. The fourth-order valence-electron chi connectivity index (χ4n) is 1.42. The topological polar surface area (TPSA) is 46.9 Å². The van der Waals surface area contributed by atoms with Gasteiger partial charge in [-0.3, -0.25) is 4.79 Å². The molecule has 1 N–H and O–H groups in total. The summed E-state index contributed by atoms with van der Waals surface area (Å²) in [6.45, 7) is 0. The fourth-order valence-corrected chi connectivity index (χ4v) is 2.09. The predicted octanol–water partition coefficient (Wildman–Crippen LogP) is 3.23. The van der Waals surface area contributed by atoms with Crippen molar-refractivity contribution in [1.82, 2.24) is 9.55 Å². The molecule has 0 aliphatic carbocycles. The van der Waals surface area contributed by atoms with Crippen molar-refractivity contribution >= 4 is 39.1 Å². The molecule has 1 aromatic heterocycles. The quantitative estimate of drug-likeness (QED) is 0.918. The van der Waals surface area contributed by atoms with Crippen LogP contribution >= 0.6 is 27.5 Å². The van der Waals surface area contributed by atoms with E-state index in [4.69, 9.17) is 11.6 Å². The van der Waals surface area contributed by atoms with E-state index in [-0.39, 0.29) is 10.9 Å². The van der Waals surface area contributed by atoms with Crippen molar-refractivity contribution in [3.63, 3.8) is 0 Å². The van der Waals surface area contributed by atoms with Crippen molar-refractivity contribution in [1.29, 1.82) is 0 Å². The molecule has 4 nitrogen and oxygen atoms in total. The van der Waals surface area contributed by atoms with Crippen molar-refractivity contribution < 1.29 is 9.18 Å². The van der Waals surface area contributed by atoms with Crippen LogP contribution in [0.1, 0.15) is 10.5 Å². The van der Waals surface area contributed by atoms with Crippen LogP contribution in [-0.2, 0) is 7.05 Å². The summed E-state index contributed by atoms with van der Waals surface area (Å²) in [4.78, 5) is 15.9. The summed E-state index contributed by atoms with van der Waals surface area (Å²) in [5.41, 5.74) is 0.681. The number of benzene rings is 1. The van der Waals surface area contributed by atoms with Crippen LogP contribution in [0.15, 0.2) is 29.1 Å². The second-order valence-corrected chi connectivity index (χ2v) is 4.74. The van der Waals surface area contributed by atoms with Crippen LogP contribution in [0.3, 0.4) is 0 Å². The summed E-state index contributed by atoms with van der Waals surface area (Å²) in [7, 11) is 1.69. The fraction of sp³-hybridized carbons (Fsp3) is 0.0909. The smallest absolute Gasteiger partial charge is 0.275 e. The number of aryl methyl sites for hydroxylation is 1. The van der Waals surface area contributed by atoms with Crippen LogP contribution in [0.2, 0.25) is 5.02 Å². The highest BCUT2D eigenvalue weighted by molar-refractivity contribution is 9.10. The summed E-state index contributed by atoms with van der Waals surface area (Å²) in [5.74, 6) is -0.970. The van der Waals surface area contributed by atoms with Gasteiger partial charge in [0.1, 0.15) is 16.1 Å². The predicted molar refractivity (Wildman–Crippen MR) is 70.3 cm³/mol. The van der Waals surface area contributed by atoms with Crippen LogP contribution in [-0.4, -0.2) is 15.5 Å². The third-order valence-electron chi connectivity index (χ3n) is 2.28. The molecule has 0 fully saturated rings. The summed E-state index contributed by atoms with van der Waals surface area (Å²) in [5, 5.41) is 2.57. The number of imidazole rings is 1. The molecule has 2 rings (SSSR count). The SMILES string of the molecule is Cn1cnc(Br)c1C(=O)Nc1ccc(Cl)c(F)c1. The number of carbonyl (C=O) groups excluding carboxylic acids is 1. The average Bonchev–Trinajstić information content (AvgIpc) is 2.64. The first kappa shape index (κ1) is 13.0. The molecule has 0 aliphatic heterocycles. The molecule has 0 bridgehead atoms. The van der Waals surface area contributed by atoms with Gasteiger partial charge in [-0.15, -0.1) is 0 Å². The number of rotatable bonds is 2. The Balaban J connectivity index is 2.24. The van der Waals surface area contributed by atoms with Gasteiger partial charge in [-0.2, -0.15) is 0 Å². The van der Waals surface area contributed by atoms with E-state index in [0.29, 0.717) is 16.0 Å². The van der Waals surface area contributed by atoms with E-state index in [9.17, 15) is 9.18 Å². The van der Waals surface area contributed by atoms with Gasteiger partial charge in [0, 0.05) is 12.7 Å². The maximum absolute atomic E-state index is 13.2. The Kier molecular flexibility index (Phi) is 3.68. The molecule has 94 valence electrons. The van der Waals surface area contributed by atoms with Gasteiger partial charge in [-0.1, -0.05) is 11.6 Å². The number of halogens is 3. The normalized spacial score (nSPS) is 10.4. The Bertz CT molecular complexity index is 595. The summed E-state index contributed by atoms with van der Waals surface area (Å²) < 4.78 is 15.2. The van der Waals surface area contributed by atoms with Crippen LogP contribution < -0.4 is 5.32 Å². The zero-order chi connectivity index (χ0) is 13.3. The lowest BCUT2D eigenvalue weighted by molar-refractivity contribution is 0.101. The highest BCUT2D eigenvalue weighted by Gasteiger charge is 2.15. The lowest BCUT2D eigenvalue weighted by atomic mass is 10.3. The number of hydrogen-bond acceptors (Lipinski definition) is 2. The third kappa shape index (κ3) is 2.54. The van der Waals surface area contributed by atoms with Crippen LogP contribution in [0, 0.1) is 5.82 Å². The van der Waals surface area contributed by atoms with Crippen molar-refractivity contribution in [2.75, 3.05) is 5.32 Å². The maximum Gasteiger partial charge on any atom is 0.275 e. The number of anilines is 1. The highest BCUT2D eigenvalue weighted by Crippen LogP contribution is 2.20. The van der Waals surface area contributed by atoms with E-state index in [1.807, 2.05) is 0 Å². The van der Waals surface area contributed by atoms with Crippen molar-refractivity contribution in [3.8, 4) is 0 Å². The molecule has 0 unspecified atom stereocenters. The van der Waals surface area contributed by atoms with Crippen LogP contribution in [0.5, 0.6) is 0 Å². The zero-order valence-electron chi connectivity index (χ0n) is 9.25. The molecule has 1 amide bonds. The van der Waals surface area contributed by atoms with Gasteiger partial charge in [-0.25, -0.2) is 9.37 Å². The van der Waals surface area contributed by atoms with Crippen molar-refractivity contribution in [2.24, 2.45) is 7.05 Å². The standard InChI is InChI=1S/C11H8BrClFN3O/c1-17-5-15-10(12)9(17)11(18)16-6-2-3-7(13)8(14)4-6/h2-5H,1H3,(H,16,18). The molecule has 0 radical (unpaired) electrons. The van der Waals surface area contributed by atoms with Crippen LogP contribution in [0.4, 0.5) is 10.1 Å². The van der Waals surface area contributed by atoms with Gasteiger partial charge in [-0.05, 0) is 34.1 Å². The molecule has 1 aromatic carbocycles. The van der Waals surface area contributed by atoms with Crippen molar-refractivity contribution in [3.05, 3.63) is 45.7 Å². The molecule has 0 spiro atoms. The van der Waals surface area contributed by atoms with E-state index < -0.39 is 5.82 Å². The third-order valence-corrected chi connectivity index (χ3v) is 3.17. The molecule has 18 heavy (non-hydrogen) atoms. The molecule has 2 aromatic rings. The number of nitrogens with one attached hydrogen (secondary N) is 1. The van der Waals surface area contributed by atoms with E-state index in [2.05, 4.69) is 26.2 Å². The Hall–Kier alpha value is -1.40. The molecular formula is C11H8BrClFN3O. The first-order chi connectivity index (χ1) is 8.49. The van der Waals surface area contributed by atoms with Gasteiger partial charge >= 0.3 is 0 Å². The van der Waals surface area contributed by atoms with E-state index >= 15 is 0 Å².